The van der Waals surface area contributed by atoms with Gasteiger partial charge in [-0.1, -0.05) is 18.5 Å². The molecular weight excluding hydrogens is 304 g/mol. The Balaban J connectivity index is 2.37. The van der Waals surface area contributed by atoms with Crippen LogP contribution < -0.4 is 0 Å². The molecule has 7 heteroatoms. The van der Waals surface area contributed by atoms with Crippen molar-refractivity contribution in [2.24, 2.45) is 0 Å². The maximum absolute atomic E-state index is 12.5. The quantitative estimate of drug-likeness (QED) is 0.840. The van der Waals surface area contributed by atoms with Crippen LogP contribution in [0.5, 0.6) is 0 Å². The number of nitrogens with zero attached hydrogens (tertiary/aromatic N) is 2. The van der Waals surface area contributed by atoms with E-state index in [0.717, 1.165) is 5.75 Å². The number of sulfonamides is 1. The van der Waals surface area contributed by atoms with Crippen LogP contribution in [0.25, 0.3) is 0 Å². The van der Waals surface area contributed by atoms with Crippen molar-refractivity contribution in [3.63, 3.8) is 0 Å². The Labute approximate surface area is 122 Å². The summed E-state index contributed by atoms with van der Waals surface area (Å²) in [5.74, 6) is 0.786. The topological polar surface area (TPSA) is 61.2 Å². The Morgan fingerprint density at radius 1 is 1.53 bits per heavy atom. The Kier molecular flexibility index (Phi) is 4.41. The van der Waals surface area contributed by atoms with Gasteiger partial charge in [0.2, 0.25) is 10.0 Å². The molecule has 1 atom stereocenters. The fourth-order valence-electron chi connectivity index (χ4n) is 1.92. The largest absolute Gasteiger partial charge is 0.244 e. The number of rotatable bonds is 2. The first-order valence-electron chi connectivity index (χ1n) is 5.76. The van der Waals surface area contributed by atoms with Gasteiger partial charge in [0.05, 0.1) is 16.7 Å². The summed E-state index contributed by atoms with van der Waals surface area (Å²) in [6.07, 6.45) is 0. The molecule has 1 heterocycles. The predicted molar refractivity (Wildman–Crippen MR) is 76.8 cm³/mol. The second-order valence-corrected chi connectivity index (χ2v) is 8.16. The summed E-state index contributed by atoms with van der Waals surface area (Å²) in [4.78, 5) is 0.0762. The van der Waals surface area contributed by atoms with Crippen molar-refractivity contribution in [2.75, 3.05) is 18.8 Å². The molecule has 0 bridgehead atoms. The van der Waals surface area contributed by atoms with E-state index >= 15 is 0 Å². The highest BCUT2D eigenvalue weighted by Crippen LogP contribution is 2.29. The van der Waals surface area contributed by atoms with Crippen molar-refractivity contribution in [2.45, 2.75) is 17.1 Å². The van der Waals surface area contributed by atoms with Crippen LogP contribution in [0.4, 0.5) is 0 Å². The van der Waals surface area contributed by atoms with Crippen LogP contribution in [-0.2, 0) is 10.0 Å². The first kappa shape index (κ1) is 14.7. The average Bonchev–Trinajstić information content (AvgIpc) is 2.38. The van der Waals surface area contributed by atoms with Gasteiger partial charge in [0, 0.05) is 24.1 Å². The molecule has 0 aliphatic carbocycles. The molecular formula is C12H13ClN2O2S2. The number of hydrogen-bond acceptors (Lipinski definition) is 4. The first-order valence-corrected chi connectivity index (χ1v) is 8.63. The van der Waals surface area contributed by atoms with E-state index in [1.54, 1.807) is 11.8 Å². The summed E-state index contributed by atoms with van der Waals surface area (Å²) < 4.78 is 26.5. The van der Waals surface area contributed by atoms with Crippen molar-refractivity contribution in [3.8, 4) is 6.07 Å². The van der Waals surface area contributed by atoms with Gasteiger partial charge in [-0.05, 0) is 18.2 Å². The van der Waals surface area contributed by atoms with E-state index < -0.39 is 10.0 Å². The minimum absolute atomic E-state index is 0.0762. The van der Waals surface area contributed by atoms with E-state index in [1.165, 1.54) is 22.5 Å². The summed E-state index contributed by atoms with van der Waals surface area (Å²) in [6, 6.07) is 6.20. The number of halogens is 1. The molecule has 1 aliphatic heterocycles. The smallest absolute Gasteiger partial charge is 0.207 e. The van der Waals surface area contributed by atoms with Crippen molar-refractivity contribution in [3.05, 3.63) is 28.8 Å². The molecule has 19 heavy (non-hydrogen) atoms. The van der Waals surface area contributed by atoms with Crippen LogP contribution in [0.2, 0.25) is 5.02 Å². The monoisotopic (exact) mass is 316 g/mol. The predicted octanol–water partition coefficient (Wildman–Crippen LogP) is 2.34. The molecule has 1 aliphatic rings. The van der Waals surface area contributed by atoms with E-state index in [4.69, 9.17) is 16.9 Å². The Morgan fingerprint density at radius 2 is 2.26 bits per heavy atom. The maximum Gasteiger partial charge on any atom is 0.244 e. The lowest BCUT2D eigenvalue weighted by Crippen LogP contribution is -2.41. The highest BCUT2D eigenvalue weighted by Gasteiger charge is 2.30. The summed E-state index contributed by atoms with van der Waals surface area (Å²) in [6.45, 7) is 2.99. The Morgan fingerprint density at radius 3 is 2.84 bits per heavy atom. The van der Waals surface area contributed by atoms with Gasteiger partial charge in [-0.3, -0.25) is 0 Å². The zero-order valence-corrected chi connectivity index (χ0v) is 12.7. The lowest BCUT2D eigenvalue weighted by atomic mass is 10.2. The molecule has 0 radical (unpaired) electrons. The normalized spacial score (nSPS) is 21.0. The van der Waals surface area contributed by atoms with Crippen LogP contribution >= 0.6 is 23.4 Å². The molecule has 0 spiro atoms. The fourth-order valence-corrected chi connectivity index (χ4v) is 5.19. The first-order chi connectivity index (χ1) is 8.95. The number of benzene rings is 1. The SMILES string of the molecule is CC1CN(S(=O)(=O)c2ccc(C#N)cc2Cl)CCS1. The molecule has 1 saturated heterocycles. The highest BCUT2D eigenvalue weighted by atomic mass is 35.5. The van der Waals surface area contributed by atoms with Gasteiger partial charge in [0.15, 0.2) is 0 Å². The molecule has 1 unspecified atom stereocenters. The minimum atomic E-state index is -3.57. The standard InChI is InChI=1S/C12H13ClN2O2S2/c1-9-8-15(4-5-18-9)19(16,17)12-3-2-10(7-14)6-11(12)13/h2-3,6,9H,4-5,8H2,1H3. The molecule has 1 aromatic carbocycles. The van der Waals surface area contributed by atoms with Crippen molar-refractivity contribution in [1.29, 1.82) is 5.26 Å². The van der Waals surface area contributed by atoms with Gasteiger partial charge < -0.3 is 0 Å². The van der Waals surface area contributed by atoms with E-state index in [0.29, 0.717) is 18.7 Å². The van der Waals surface area contributed by atoms with Gasteiger partial charge >= 0.3 is 0 Å². The lowest BCUT2D eigenvalue weighted by Gasteiger charge is -2.29. The Hall–Kier alpha value is -0.740. The molecule has 1 fully saturated rings. The van der Waals surface area contributed by atoms with Gasteiger partial charge in [0.25, 0.3) is 0 Å². The van der Waals surface area contributed by atoms with Crippen LogP contribution in [0.3, 0.4) is 0 Å². The third-order valence-corrected chi connectivity index (χ3v) is 6.37. The summed E-state index contributed by atoms with van der Waals surface area (Å²) in [5.41, 5.74) is 0.353. The van der Waals surface area contributed by atoms with Crippen molar-refractivity contribution >= 4 is 33.4 Å². The van der Waals surface area contributed by atoms with Gasteiger partial charge in [-0.2, -0.15) is 21.3 Å². The Bertz CT molecular complexity index is 625. The zero-order valence-electron chi connectivity index (χ0n) is 10.3. The maximum atomic E-state index is 12.5. The molecule has 1 aromatic rings. The van der Waals surface area contributed by atoms with Gasteiger partial charge in [-0.15, -0.1) is 0 Å². The molecule has 4 nitrogen and oxygen atoms in total. The molecule has 0 saturated carbocycles. The zero-order chi connectivity index (χ0) is 14.0. The van der Waals surface area contributed by atoms with Crippen LogP contribution in [0.15, 0.2) is 23.1 Å². The average molecular weight is 317 g/mol. The lowest BCUT2D eigenvalue weighted by molar-refractivity contribution is 0.424. The third-order valence-electron chi connectivity index (χ3n) is 2.88. The number of nitriles is 1. The van der Waals surface area contributed by atoms with E-state index in [1.807, 2.05) is 13.0 Å². The molecule has 102 valence electrons. The molecule has 2 rings (SSSR count). The van der Waals surface area contributed by atoms with Crippen LogP contribution in [0.1, 0.15) is 12.5 Å². The molecule has 0 amide bonds. The second-order valence-electron chi connectivity index (χ2n) is 4.30. The van der Waals surface area contributed by atoms with E-state index in [2.05, 4.69) is 0 Å². The number of hydrogen-bond donors (Lipinski definition) is 0. The van der Waals surface area contributed by atoms with Crippen LogP contribution in [0, 0.1) is 11.3 Å². The van der Waals surface area contributed by atoms with Gasteiger partial charge in [0.1, 0.15) is 4.90 Å². The van der Waals surface area contributed by atoms with E-state index in [9.17, 15) is 8.42 Å². The third kappa shape index (κ3) is 3.06. The van der Waals surface area contributed by atoms with E-state index in [-0.39, 0.29) is 15.2 Å². The van der Waals surface area contributed by atoms with Crippen molar-refractivity contribution < 1.29 is 8.42 Å². The molecule has 0 N–H and O–H groups in total. The highest BCUT2D eigenvalue weighted by molar-refractivity contribution is 8.00. The summed E-state index contributed by atoms with van der Waals surface area (Å²) in [5, 5.41) is 9.15. The molecule has 0 aromatic heterocycles. The summed E-state index contributed by atoms with van der Waals surface area (Å²) >= 11 is 7.75. The van der Waals surface area contributed by atoms with Gasteiger partial charge in [-0.25, -0.2) is 8.42 Å². The fraction of sp³-hybridized carbons (Fsp3) is 0.417. The van der Waals surface area contributed by atoms with Crippen LogP contribution in [-0.4, -0.2) is 36.8 Å². The summed E-state index contributed by atoms with van der Waals surface area (Å²) in [7, 11) is -3.57. The van der Waals surface area contributed by atoms with Crippen molar-refractivity contribution in [1.82, 2.24) is 4.31 Å². The minimum Gasteiger partial charge on any atom is -0.207 e. The number of thioether (sulfide) groups is 1. The second kappa shape index (κ2) is 5.71.